The van der Waals surface area contributed by atoms with Gasteiger partial charge in [-0.1, -0.05) is 44.5 Å². The van der Waals surface area contributed by atoms with Crippen molar-refractivity contribution in [2.75, 3.05) is 99.5 Å². The minimum Gasteiger partial charge on any atom is -0.508 e. The smallest absolute Gasteiger partial charge is 0.255 e. The lowest BCUT2D eigenvalue weighted by Gasteiger charge is -2.50. The van der Waals surface area contributed by atoms with Crippen LogP contribution in [0.3, 0.4) is 0 Å². The summed E-state index contributed by atoms with van der Waals surface area (Å²) in [5.41, 5.74) is 9.78. The van der Waals surface area contributed by atoms with Gasteiger partial charge in [0.1, 0.15) is 68.5 Å². The van der Waals surface area contributed by atoms with Crippen molar-refractivity contribution < 1.29 is 104 Å². The quantitative estimate of drug-likeness (QED) is 0.0492. The zero-order valence-electron chi connectivity index (χ0n) is 67.7. The van der Waals surface area contributed by atoms with Crippen LogP contribution in [0.15, 0.2) is 82.1 Å². The third kappa shape index (κ3) is 14.7. The number of carbonyl (C=O) groups is 9. The van der Waals surface area contributed by atoms with Crippen molar-refractivity contribution in [2.24, 2.45) is 58.1 Å². The summed E-state index contributed by atoms with van der Waals surface area (Å²) in [6.45, 7) is 14.6. The average Bonchev–Trinajstić information content (AvgIpc) is 0.707. The van der Waals surface area contributed by atoms with E-state index in [0.717, 1.165) is 42.1 Å². The van der Waals surface area contributed by atoms with Gasteiger partial charge in [0.2, 0.25) is 17.3 Å². The second kappa shape index (κ2) is 32.5. The maximum Gasteiger partial charge on any atom is 0.255 e. The molecule has 1 aliphatic heterocycles. The number of phenols is 4. The number of likely N-dealkylation sites (N-methyl/N-ethyl adjacent to an activating group) is 4. The summed E-state index contributed by atoms with van der Waals surface area (Å²) < 4.78 is 0. The van der Waals surface area contributed by atoms with Gasteiger partial charge in [0.05, 0.1) is 40.2 Å². The number of aromatic hydroxyl groups is 4. The van der Waals surface area contributed by atoms with Gasteiger partial charge in [-0.25, -0.2) is 0 Å². The SMILES string of the molecule is C=CCN(C)Cc1cc(C)c2c(c1O)C(O)=C1C(=O)[C@]3(O)C(O)=C(C(N)=O)C(=O)[C@H](N(C)C)[C@@H]3C[C@@H]1C2.CN(C)[C@@H]1C(=O)C(C(N)=O)=C(O)[C@@]2(O)C(=O)c3c(cc4c(Cl)cc(CNCC(C)(C)C)c(O)c4c3O)C[C@@H]12.CN(C)c1cc(CNCC2CCSCC2)c(O)c2c1C[C@H]1C[C@H]3C(N(C)C)C(=O)C(C(N)=O)=C(O)[C@@]3(O)C(=O)C1=C2O. The molecule has 9 aliphatic rings. The molecule has 1 heterocycles. The molecule has 13 rings (SSSR count). The van der Waals surface area contributed by atoms with Gasteiger partial charge in [-0.15, -0.1) is 6.58 Å². The van der Waals surface area contributed by atoms with E-state index in [2.05, 4.69) is 17.2 Å². The van der Waals surface area contributed by atoms with E-state index in [1.807, 2.05) is 82.5 Å². The number of halogens is 1. The number of nitrogens with zero attached hydrogens (tertiary/aromatic N) is 5. The molecule has 3 amide bonds. The highest BCUT2D eigenvalue weighted by Gasteiger charge is 2.67. The molecule has 117 heavy (non-hydrogen) atoms. The number of ketones is 6. The highest BCUT2D eigenvalue weighted by atomic mass is 35.5. The van der Waals surface area contributed by atoms with Gasteiger partial charge in [-0.2, -0.15) is 11.8 Å². The number of amides is 3. The van der Waals surface area contributed by atoms with Crippen LogP contribution in [-0.4, -0.2) is 263 Å². The van der Waals surface area contributed by atoms with E-state index in [1.165, 1.54) is 34.9 Å². The first-order valence-electron chi connectivity index (χ1n) is 38.5. The van der Waals surface area contributed by atoms with Crippen molar-refractivity contribution >= 4 is 104 Å². The van der Waals surface area contributed by atoms with Crippen molar-refractivity contribution in [1.29, 1.82) is 0 Å². The summed E-state index contributed by atoms with van der Waals surface area (Å²) in [4.78, 5) is 126. The van der Waals surface area contributed by atoms with Crippen LogP contribution in [0.1, 0.15) is 107 Å². The third-order valence-electron chi connectivity index (χ3n) is 24.6. The molecule has 8 aliphatic carbocycles. The number of benzene rings is 4. The van der Waals surface area contributed by atoms with Gasteiger partial charge in [-0.05, 0) is 183 Å². The molecule has 0 spiro atoms. The molecule has 4 aromatic carbocycles. The average molecular weight is 1660 g/mol. The third-order valence-corrected chi connectivity index (χ3v) is 25.9. The normalized spacial score (nSPS) is 26.4. The van der Waals surface area contributed by atoms with Crippen LogP contribution in [0, 0.1) is 47.8 Å². The Morgan fingerprint density at radius 1 is 0.573 bits per heavy atom. The molecular formula is C84H105ClN10O21S. The first-order valence-corrected chi connectivity index (χ1v) is 40.0. The summed E-state index contributed by atoms with van der Waals surface area (Å²) in [5.74, 6) is -16.6. The van der Waals surface area contributed by atoms with E-state index in [4.69, 9.17) is 28.8 Å². The Bertz CT molecular complexity index is 5110. The van der Waals surface area contributed by atoms with Crippen molar-refractivity contribution in [3.63, 3.8) is 0 Å². The number of aryl methyl sites for hydroxylation is 1. The Labute approximate surface area is 685 Å². The fraction of sp³-hybridized carbons (Fsp3) is 0.488. The Morgan fingerprint density at radius 3 is 1.46 bits per heavy atom. The van der Waals surface area contributed by atoms with E-state index in [-0.39, 0.29) is 111 Å². The molecule has 20 N–H and O–H groups in total. The van der Waals surface area contributed by atoms with Crippen molar-refractivity contribution in [2.45, 2.75) is 127 Å². The first-order chi connectivity index (χ1) is 54.6. The number of nitrogens with two attached hydrogens (primary N) is 3. The zero-order valence-corrected chi connectivity index (χ0v) is 69.3. The Hall–Kier alpha value is -9.71. The molecule has 31 nitrogen and oxygen atoms in total. The van der Waals surface area contributed by atoms with Crippen LogP contribution in [0.5, 0.6) is 23.0 Å². The number of thioether (sulfide) groups is 1. The van der Waals surface area contributed by atoms with Gasteiger partial charge in [-0.3, -0.25) is 62.8 Å². The predicted molar refractivity (Wildman–Crippen MR) is 437 cm³/mol. The number of aliphatic hydroxyl groups is 8. The van der Waals surface area contributed by atoms with E-state index in [1.54, 1.807) is 40.3 Å². The fourth-order valence-corrected chi connectivity index (χ4v) is 20.6. The lowest BCUT2D eigenvalue weighted by molar-refractivity contribution is -0.155. The van der Waals surface area contributed by atoms with Crippen LogP contribution in [0.4, 0.5) is 5.69 Å². The van der Waals surface area contributed by atoms with Crippen molar-refractivity contribution in [3.8, 4) is 23.0 Å². The summed E-state index contributed by atoms with van der Waals surface area (Å²) >= 11 is 8.51. The lowest BCUT2D eigenvalue weighted by atomic mass is 9.57. The zero-order chi connectivity index (χ0) is 86.7. The van der Waals surface area contributed by atoms with E-state index in [9.17, 15) is 104 Å². The van der Waals surface area contributed by atoms with E-state index < -0.39 is 168 Å². The maximum absolute atomic E-state index is 14.1. The molecule has 11 atom stereocenters. The van der Waals surface area contributed by atoms with Crippen molar-refractivity contribution in [1.82, 2.24) is 30.2 Å². The number of Topliss-reactive ketones (excluding diaryl/α,β-unsaturated/α-hetero) is 6. The van der Waals surface area contributed by atoms with Crippen LogP contribution in [0.25, 0.3) is 22.3 Å². The van der Waals surface area contributed by atoms with Gasteiger partial charge >= 0.3 is 0 Å². The van der Waals surface area contributed by atoms with Crippen LogP contribution < -0.4 is 32.7 Å². The van der Waals surface area contributed by atoms with Gasteiger partial charge in [0.15, 0.2) is 34.2 Å². The number of rotatable bonds is 18. The summed E-state index contributed by atoms with van der Waals surface area (Å²) in [5, 5.41) is 143. The number of aliphatic hydroxyl groups excluding tert-OH is 5. The highest BCUT2D eigenvalue weighted by Crippen LogP contribution is 2.58. The Morgan fingerprint density at radius 2 is 1.01 bits per heavy atom. The molecule has 1 unspecified atom stereocenters. The number of hydrogen-bond donors (Lipinski definition) is 17. The highest BCUT2D eigenvalue weighted by molar-refractivity contribution is 7.99. The van der Waals surface area contributed by atoms with Gasteiger partial charge in [0, 0.05) is 109 Å². The second-order valence-electron chi connectivity index (χ2n) is 34.3. The molecule has 2 saturated carbocycles. The predicted octanol–water partition coefficient (Wildman–Crippen LogP) is 4.09. The summed E-state index contributed by atoms with van der Waals surface area (Å²) in [6.07, 6.45) is 4.52. The number of hydrogen-bond acceptors (Lipinski definition) is 29. The summed E-state index contributed by atoms with van der Waals surface area (Å²) in [7, 11) is 14.9. The molecule has 1 saturated heterocycles. The Kier molecular flexibility index (Phi) is 24.5. The minimum atomic E-state index is -2.71. The van der Waals surface area contributed by atoms with Crippen LogP contribution >= 0.6 is 23.4 Å². The number of fused-ring (bicyclic) bond motifs is 9. The molecule has 630 valence electrons. The topological polar surface area (TPSA) is 515 Å². The minimum absolute atomic E-state index is 0.0268. The maximum atomic E-state index is 14.1. The van der Waals surface area contributed by atoms with Gasteiger partial charge < -0.3 is 94.0 Å². The summed E-state index contributed by atoms with van der Waals surface area (Å²) in [6, 6.07) is 3.44. The number of carbonyl (C=O) groups excluding carboxylic acids is 9. The number of anilines is 1. The van der Waals surface area contributed by atoms with Gasteiger partial charge in [0.25, 0.3) is 17.7 Å². The van der Waals surface area contributed by atoms with E-state index >= 15 is 0 Å². The second-order valence-corrected chi connectivity index (χ2v) is 35.9. The van der Waals surface area contributed by atoms with Crippen LogP contribution in [-0.2, 0) is 77.3 Å². The number of nitrogens with one attached hydrogen (secondary N) is 2. The Balaban J connectivity index is 0.000000173. The molecule has 0 aromatic heterocycles. The lowest BCUT2D eigenvalue weighted by Crippen LogP contribution is -2.65. The molecule has 3 fully saturated rings. The largest absolute Gasteiger partial charge is 0.508 e. The molecule has 0 radical (unpaired) electrons. The first kappa shape index (κ1) is 88.1. The van der Waals surface area contributed by atoms with E-state index in [0.29, 0.717) is 59.9 Å². The standard InChI is InChI=1S/C30H40N4O7S.C27H32ClN3O7.C27H33N3O7/c1-33(2)19-11-16(13-32-12-14-5-7-42-8-6-14)24(35)21-17(19)9-15-10-18-23(34(3)4)26(37)22(29(31)40)28(39)30(18,41)27(38)20(15)25(21)36;1-26(2,3)10-30-9-12-8-15(28)13-6-11-7-14-19(31(4)5)22(34)18(25(29)37)24(36)27(14,38)23(35)16(11)21(33)17(13)20(12)32;1-6-7-30(5)11-14-8-12(2)15-9-13-10-16-20(29(3)4)23(33)19(26(28)36)25(35)27(16,37)24(34)17(13)22(32)18(15)21(14)31/h11,14-15,18,23,32,35-36,39,41H,5-10,12-13H2,1-4H3,(H2,31,40);6,8,14,19,30,32-33,36,38H,7,9-10H2,1-5H3,(H2,29,37);6,8,13,16,20,31-32,35,37H,1,7,9-11H2,2-5H3,(H2,28,36)/t15-,18-,23?,30-;14-,19-,27-;13-,16-,20+,27-/m000/s1. The monoisotopic (exact) mass is 1660 g/mol. The number of phenolic OH excluding ortho intramolecular Hbond substituents is 4. The van der Waals surface area contributed by atoms with Crippen LogP contribution in [0.2, 0.25) is 5.02 Å². The molecular weight excluding hydrogens is 1550 g/mol. The van der Waals surface area contributed by atoms with Crippen molar-refractivity contribution in [3.05, 3.63) is 143 Å². The molecule has 4 aromatic rings. The number of primary amides is 3. The molecule has 33 heteroatoms. The fourth-order valence-electron chi connectivity index (χ4n) is 19.1. The molecule has 0 bridgehead atoms.